The molecule has 0 aromatic rings. The molecule has 15 N–H and O–H groups in total. The molecule has 0 saturated carbocycles. The molecule has 0 fully saturated rings. The number of nitrogens with one attached hydrogen (secondary N) is 15. The van der Waals surface area contributed by atoms with Crippen LogP contribution in [0.15, 0.2) is 0 Å². The Morgan fingerprint density at radius 3 is 0.893 bits per heavy atom. The summed E-state index contributed by atoms with van der Waals surface area (Å²) in [6.45, 7) is 26.5. The Balaban J connectivity index is -0.000000590. The van der Waals surface area contributed by atoms with Crippen LogP contribution >= 0.6 is 139 Å². The summed E-state index contributed by atoms with van der Waals surface area (Å²) < 4.78 is 5.87. The van der Waals surface area contributed by atoms with Crippen LogP contribution in [0.3, 0.4) is 0 Å². The van der Waals surface area contributed by atoms with Crippen LogP contribution in [-0.2, 0) is 120 Å². The molecular weight excluding hydrogens is 2290 g/mol. The number of aliphatic carboxylic acids is 1. The van der Waals surface area contributed by atoms with Gasteiger partial charge in [-0.05, 0) is 115 Å². The van der Waals surface area contributed by atoms with Crippen molar-refractivity contribution in [3.8, 4) is 0 Å². The van der Waals surface area contributed by atoms with E-state index in [2.05, 4.69) is 92.4 Å². The minimum atomic E-state index is -1.22. The fourth-order valence-electron chi connectivity index (χ4n) is 11.6. The van der Waals surface area contributed by atoms with Crippen molar-refractivity contribution in [3.05, 3.63) is 0 Å². The van der Waals surface area contributed by atoms with Gasteiger partial charge in [0.1, 0.15) is 41.5 Å². The van der Waals surface area contributed by atoms with Gasteiger partial charge in [0.05, 0.1) is 66.6 Å². The topological polar surface area (TPSA) is 622 Å². The van der Waals surface area contributed by atoms with Gasteiger partial charge in [0.15, 0.2) is 29.7 Å². The largest absolute Gasteiger partial charge is 0.550 e. The first-order valence-electron chi connectivity index (χ1n) is 46.0. The highest BCUT2D eigenvalue weighted by Crippen LogP contribution is 2.15. The quantitative estimate of drug-likeness (QED) is 0.0137. The normalized spacial score (nSPS) is 12.3. The van der Waals surface area contributed by atoms with Crippen molar-refractivity contribution in [3.63, 3.8) is 0 Å². The fraction of sp³-hybridized carbons (Fsp3) is 0.733. The summed E-state index contributed by atoms with van der Waals surface area (Å²) in [5.74, 6) is -6.03. The fourth-order valence-corrected chi connectivity index (χ4v) is 14.9. The van der Waals surface area contributed by atoms with Crippen molar-refractivity contribution in [2.75, 3.05) is 106 Å². The third kappa shape index (κ3) is 86.3. The Labute approximate surface area is 892 Å². The van der Waals surface area contributed by atoms with Crippen LogP contribution in [0.2, 0.25) is 0 Å². The van der Waals surface area contributed by atoms with Crippen molar-refractivity contribution in [1.29, 1.82) is 0 Å². The summed E-state index contributed by atoms with van der Waals surface area (Å²) in [6, 6.07) is -6.07. The highest BCUT2D eigenvalue weighted by Gasteiger charge is 2.29. The summed E-state index contributed by atoms with van der Waals surface area (Å²) in [4.78, 5) is 282. The zero-order valence-corrected chi connectivity index (χ0v) is 94.3. The number of thiol groups is 1. The lowest BCUT2D eigenvalue weighted by Crippen LogP contribution is -2.48. The highest BCUT2D eigenvalue weighted by molar-refractivity contribution is 14.1. The maximum Gasteiger partial charge on any atom is 0.306 e. The lowest BCUT2D eigenvalue weighted by Gasteiger charge is -2.20. The first-order chi connectivity index (χ1) is 65.7. The second-order valence-corrected chi connectivity index (χ2v) is 39.5. The Hall–Kier alpha value is -7.21. The molecule has 41 nitrogen and oxygen atoms in total. The highest BCUT2D eigenvalue weighted by atomic mass is 127. The molecule has 0 aliphatic rings. The number of esters is 1. The van der Waals surface area contributed by atoms with E-state index in [-0.39, 0.29) is 237 Å². The first kappa shape index (κ1) is 141. The maximum absolute atomic E-state index is 12.9. The number of carboxylic acid groups (broad SMARTS) is 1. The summed E-state index contributed by atoms with van der Waals surface area (Å²) >= 11 is 28.6. The number of carbonyl (C=O) groups excluding carboxylic acids is 24. The number of Topliss-reactive ketones (excluding diaryl/α,β-unsaturated/α-hetero) is 7. The van der Waals surface area contributed by atoms with E-state index >= 15 is 0 Å². The smallest absolute Gasteiger partial charge is 0.306 e. The van der Waals surface area contributed by atoms with Crippen LogP contribution in [0, 0.1) is 23.7 Å². The lowest BCUT2D eigenvalue weighted by molar-refractivity contribution is -0.306. The van der Waals surface area contributed by atoms with E-state index in [9.17, 15) is 120 Å². The number of rotatable bonds is 72. The van der Waals surface area contributed by atoms with E-state index in [1.54, 1.807) is 13.8 Å². The molecule has 0 aromatic carbocycles. The van der Waals surface area contributed by atoms with E-state index in [4.69, 9.17) is 39.5 Å². The minimum absolute atomic E-state index is 0.0226. The van der Waals surface area contributed by atoms with Crippen LogP contribution in [0.1, 0.15) is 232 Å². The van der Waals surface area contributed by atoms with Gasteiger partial charge in [0, 0.05) is 155 Å². The molecule has 15 amide bonds. The molecule has 140 heavy (non-hydrogen) atoms. The van der Waals surface area contributed by atoms with Gasteiger partial charge < -0.3 is 94.4 Å². The van der Waals surface area contributed by atoms with Gasteiger partial charge in [-0.15, -0.1) is 58.3 Å². The predicted molar refractivity (Wildman–Crippen MR) is 565 cm³/mol. The third-order valence-electron chi connectivity index (χ3n) is 18.0. The molecule has 0 bridgehead atoms. The second kappa shape index (κ2) is 88.3. The van der Waals surface area contributed by atoms with E-state index in [0.717, 1.165) is 0 Å². The molecule has 50 heteroatoms. The van der Waals surface area contributed by atoms with Crippen LogP contribution < -0.4 is 84.9 Å². The number of halogens is 6. The molecule has 0 aliphatic heterocycles. The van der Waals surface area contributed by atoms with Gasteiger partial charge >= 0.3 is 5.97 Å². The molecule has 8 atom stereocenters. The van der Waals surface area contributed by atoms with Crippen molar-refractivity contribution >= 4 is 280 Å². The molecule has 0 saturated heterocycles. The van der Waals surface area contributed by atoms with Gasteiger partial charge in [0.2, 0.25) is 82.7 Å². The average Bonchev–Trinajstić information content (AvgIpc) is 0.905. The van der Waals surface area contributed by atoms with Crippen molar-refractivity contribution < 1.29 is 125 Å². The maximum atomic E-state index is 12.9. The van der Waals surface area contributed by atoms with Gasteiger partial charge in [-0.3, -0.25) is 110 Å². The molecule has 0 heterocycles. The Bertz CT molecular complexity index is 3890. The predicted octanol–water partition coefficient (Wildman–Crippen LogP) is 3.25. The average molecular weight is 2440 g/mol. The third-order valence-corrected chi connectivity index (χ3v) is 23.4. The Morgan fingerprint density at radius 2 is 0.593 bits per heavy atom. The van der Waals surface area contributed by atoms with E-state index < -0.39 is 90.5 Å². The summed E-state index contributed by atoms with van der Waals surface area (Å²) in [5.41, 5.74) is 0. The summed E-state index contributed by atoms with van der Waals surface area (Å²) in [7, 11) is 0. The standard InChI is InChI=1S/C33H55ClN6O10S.C23H38ClIN4O6S.C14H22ClI2N3O4.C11H19NO4.C9H17NO2S/c1-20(2)15-28(44)27(39-23(6)42)18-51-19-30(46)35-13-8-10-25(32(48)36-14-7-9-24(43)16-34)40-29(45)17-50-31(47)12-11-26(38-22(5)41)33(49)37-21(3)4;1-15(2)10-20(32)19(28-16(3)30)13-36-14-22(34)26-8-5-7-18(29-21(33)12-25)23(35)27-9-4-6-17(31)11-24;15-7-10(21)3-1-6-19-14(24)11(20-13(23)9-17)4-2-5-18-12(22)8-16;1-7(2)6-10(14)9(12-8(3)13)4-5-11(15)16;1-6(2)4-9(12)8(5-13)10-7(3)11/h20-21,25-27H,7-19H2,1-6H3,(H,35,46)(H,36,48)(H,37,49)(H,38,41)(H,39,42)(H,40,45);15,18-19H,4-14H2,1-3H3,(H,26,34)(H,27,35)(H,28,30)(H,29,33);11H,1-9H2,(H,18,22)(H,19,24)(H,20,23);7,9H,4-6H2,1-3H3,(H,12,13)(H,15,16);6,8,13H,4-5H2,1-3H3,(H,10,11)/p-1/t25-,26-,27-;18-,19-;11-;9-;8-/m00000/s1. The molecule has 0 aromatic heterocycles. The number of ether oxygens (including phenoxy) is 1. The molecule has 0 aliphatic carbocycles. The number of alkyl halides is 6. The number of amides is 15. The Kier molecular flexibility index (Phi) is 89.1. The number of hydrogen-bond acceptors (Lipinski definition) is 29. The number of hydrogen-bond donors (Lipinski definition) is 16. The second-order valence-electron chi connectivity index (χ2n) is 33.9. The SMILES string of the molecule is CC(=O)N[C@@H](CCC(=O)[O-])C(=O)CC(C)C.CC(=O)N[C@@H](CS)C(=O)CC(C)C.CC(=O)N[C@@H](CSCC(=O)NCCC[C@H](NC(=O)CI)C(=O)NCCCC(=O)CCl)C(=O)CC(C)C.CC(=O)N[C@@H](CSCC(=O)NCCC[C@H](NC(=O)COC(=O)CC[C@H](NC(C)=O)C(=O)NC(C)C)C(=O)NCCCC(=O)CCl)C(=O)CC(C)C.O=C(CCl)CCCNC(=O)[C@H](CCCNC(=O)CI)NC(=O)CI. The summed E-state index contributed by atoms with van der Waals surface area (Å²) in [6.07, 6.45) is 5.26. The zero-order valence-electron chi connectivity index (χ0n) is 83.0. The monoisotopic (exact) mass is 2440 g/mol. The van der Waals surface area contributed by atoms with Gasteiger partial charge in [-0.25, -0.2) is 0 Å². The summed E-state index contributed by atoms with van der Waals surface area (Å²) in [5, 5.41) is 49.9. The number of thioether (sulfide) groups is 2. The van der Waals surface area contributed by atoms with Crippen LogP contribution in [-0.4, -0.2) is 301 Å². The van der Waals surface area contributed by atoms with E-state index in [1.807, 2.05) is 123 Å². The number of carboxylic acids is 1. The zero-order chi connectivity index (χ0) is 108. The van der Waals surface area contributed by atoms with Gasteiger partial charge in [-0.1, -0.05) is 123 Å². The van der Waals surface area contributed by atoms with Crippen molar-refractivity contribution in [2.45, 2.75) is 287 Å². The van der Waals surface area contributed by atoms with Crippen LogP contribution in [0.4, 0.5) is 0 Å². The number of ketones is 7. The van der Waals surface area contributed by atoms with Gasteiger partial charge in [-0.2, -0.15) is 12.6 Å². The van der Waals surface area contributed by atoms with Crippen LogP contribution in [0.25, 0.3) is 0 Å². The van der Waals surface area contributed by atoms with Crippen molar-refractivity contribution in [2.24, 2.45) is 23.7 Å². The molecule has 0 radical (unpaired) electrons. The van der Waals surface area contributed by atoms with Crippen LogP contribution in [0.5, 0.6) is 0 Å². The number of carbonyl (C=O) groups is 24. The minimum Gasteiger partial charge on any atom is -0.550 e. The first-order valence-corrected chi connectivity index (χ1v) is 55.1. The lowest BCUT2D eigenvalue weighted by atomic mass is 9.98. The Morgan fingerprint density at radius 1 is 0.314 bits per heavy atom. The van der Waals surface area contributed by atoms with Gasteiger partial charge in [0.25, 0.3) is 5.91 Å². The van der Waals surface area contributed by atoms with Crippen molar-refractivity contribution in [1.82, 2.24) is 79.8 Å². The van der Waals surface area contributed by atoms with E-state index in [1.165, 1.54) is 58.1 Å². The molecule has 0 rings (SSSR count). The molecule has 802 valence electrons. The molecule has 0 spiro atoms. The molecule has 0 unspecified atom stereocenters. The molecular formula is C90H150Cl3I3N15O26S3-. The van der Waals surface area contributed by atoms with E-state index in [0.29, 0.717) is 125 Å².